The molecule has 1 aromatic heterocycles. The highest BCUT2D eigenvalue weighted by molar-refractivity contribution is 9.10. The van der Waals surface area contributed by atoms with Gasteiger partial charge in [-0.25, -0.2) is 9.48 Å². The van der Waals surface area contributed by atoms with Crippen molar-refractivity contribution in [3.8, 4) is 5.69 Å². The lowest BCUT2D eigenvalue weighted by molar-refractivity contribution is 0.0517. The summed E-state index contributed by atoms with van der Waals surface area (Å²) in [5.41, 5.74) is 1.90. The van der Waals surface area contributed by atoms with E-state index >= 15 is 0 Å². The lowest BCUT2D eigenvalue weighted by atomic mass is 10.1. The van der Waals surface area contributed by atoms with E-state index in [0.29, 0.717) is 6.61 Å². The van der Waals surface area contributed by atoms with Gasteiger partial charge in [0.1, 0.15) is 0 Å². The zero-order valence-electron chi connectivity index (χ0n) is 11.6. The maximum absolute atomic E-state index is 11.9. The summed E-state index contributed by atoms with van der Waals surface area (Å²) in [6, 6.07) is 7.68. The topological polar surface area (TPSA) is 57.0 Å². The van der Waals surface area contributed by atoms with E-state index in [-0.39, 0.29) is 11.6 Å². The molecule has 0 fully saturated rings. The van der Waals surface area contributed by atoms with Crippen LogP contribution in [0, 0.1) is 0 Å². The van der Waals surface area contributed by atoms with Gasteiger partial charge in [-0.3, -0.25) is 0 Å². The number of carbonyl (C=O) groups excluding carboxylic acids is 1. The van der Waals surface area contributed by atoms with Crippen LogP contribution in [0.1, 0.15) is 42.9 Å². The molecule has 1 heterocycles. The average Bonchev–Trinajstić information content (AvgIpc) is 2.84. The standard InChI is InChI=1S/C14H16BrN3O2/c1-4-20-14(19)12-13(9(2)3)18(17-16-12)11-7-5-10(15)6-8-11/h5-9H,4H2,1-3H3. The smallest absolute Gasteiger partial charge is 0.360 e. The third kappa shape index (κ3) is 2.90. The Hall–Kier alpha value is -1.69. The molecule has 0 spiro atoms. The second-order valence-corrected chi connectivity index (χ2v) is 5.50. The van der Waals surface area contributed by atoms with Crippen molar-refractivity contribution in [2.45, 2.75) is 26.7 Å². The van der Waals surface area contributed by atoms with Gasteiger partial charge in [-0.1, -0.05) is 35.0 Å². The van der Waals surface area contributed by atoms with Gasteiger partial charge in [0, 0.05) is 4.47 Å². The summed E-state index contributed by atoms with van der Waals surface area (Å²) in [5, 5.41) is 8.07. The molecule has 20 heavy (non-hydrogen) atoms. The van der Waals surface area contributed by atoms with Gasteiger partial charge < -0.3 is 4.74 Å². The molecule has 2 aromatic rings. The second-order valence-electron chi connectivity index (χ2n) is 4.59. The van der Waals surface area contributed by atoms with Crippen molar-refractivity contribution in [3.63, 3.8) is 0 Å². The number of halogens is 1. The molecule has 0 saturated carbocycles. The summed E-state index contributed by atoms with van der Waals surface area (Å²) in [5.74, 6) is -0.326. The van der Waals surface area contributed by atoms with E-state index < -0.39 is 5.97 Å². The third-order valence-electron chi connectivity index (χ3n) is 2.79. The molecule has 2 rings (SSSR count). The molecule has 0 N–H and O–H groups in total. The molecule has 0 aliphatic heterocycles. The molecule has 0 aliphatic rings. The highest BCUT2D eigenvalue weighted by Crippen LogP contribution is 2.23. The van der Waals surface area contributed by atoms with Crippen molar-refractivity contribution < 1.29 is 9.53 Å². The number of hydrogen-bond acceptors (Lipinski definition) is 4. The van der Waals surface area contributed by atoms with Gasteiger partial charge in [0.25, 0.3) is 0 Å². The molecule has 106 valence electrons. The molecule has 0 aliphatic carbocycles. The van der Waals surface area contributed by atoms with Crippen LogP contribution >= 0.6 is 15.9 Å². The van der Waals surface area contributed by atoms with E-state index in [0.717, 1.165) is 15.9 Å². The molecular weight excluding hydrogens is 322 g/mol. The highest BCUT2D eigenvalue weighted by Gasteiger charge is 2.23. The van der Waals surface area contributed by atoms with E-state index in [1.165, 1.54) is 0 Å². The Morgan fingerprint density at radius 1 is 1.35 bits per heavy atom. The fourth-order valence-electron chi connectivity index (χ4n) is 1.93. The lowest BCUT2D eigenvalue weighted by Crippen LogP contribution is -2.11. The molecule has 0 amide bonds. The van der Waals surface area contributed by atoms with E-state index in [2.05, 4.69) is 26.2 Å². The number of ether oxygens (including phenoxy) is 1. The largest absolute Gasteiger partial charge is 0.461 e. The monoisotopic (exact) mass is 337 g/mol. The van der Waals surface area contributed by atoms with Crippen molar-refractivity contribution in [1.29, 1.82) is 0 Å². The van der Waals surface area contributed by atoms with Crippen molar-refractivity contribution in [2.75, 3.05) is 6.61 Å². The summed E-state index contributed by atoms with van der Waals surface area (Å²) < 4.78 is 7.69. The van der Waals surface area contributed by atoms with Gasteiger partial charge in [0.05, 0.1) is 18.0 Å². The van der Waals surface area contributed by atoms with Crippen LogP contribution in [0.25, 0.3) is 5.69 Å². The van der Waals surface area contributed by atoms with Crippen molar-refractivity contribution in [1.82, 2.24) is 15.0 Å². The van der Waals surface area contributed by atoms with Gasteiger partial charge in [0.15, 0.2) is 5.69 Å². The first-order valence-electron chi connectivity index (χ1n) is 6.43. The first kappa shape index (κ1) is 14.7. The van der Waals surface area contributed by atoms with Crippen LogP contribution in [0.4, 0.5) is 0 Å². The minimum atomic E-state index is -0.431. The van der Waals surface area contributed by atoms with Crippen molar-refractivity contribution in [3.05, 3.63) is 40.1 Å². The number of nitrogens with zero attached hydrogens (tertiary/aromatic N) is 3. The fourth-order valence-corrected chi connectivity index (χ4v) is 2.19. The Kier molecular flexibility index (Phi) is 4.54. The normalized spacial score (nSPS) is 10.8. The zero-order chi connectivity index (χ0) is 14.7. The van der Waals surface area contributed by atoms with Crippen molar-refractivity contribution in [2.24, 2.45) is 0 Å². The van der Waals surface area contributed by atoms with Crippen LogP contribution in [-0.4, -0.2) is 27.6 Å². The quantitative estimate of drug-likeness (QED) is 0.803. The van der Waals surface area contributed by atoms with Crippen LogP contribution in [-0.2, 0) is 4.74 Å². The van der Waals surface area contributed by atoms with Crippen LogP contribution in [0.15, 0.2) is 28.7 Å². The Morgan fingerprint density at radius 3 is 2.55 bits per heavy atom. The van der Waals surface area contributed by atoms with Crippen LogP contribution < -0.4 is 0 Å². The third-order valence-corrected chi connectivity index (χ3v) is 3.32. The summed E-state index contributed by atoms with van der Waals surface area (Å²) in [6.07, 6.45) is 0. The number of rotatable bonds is 4. The number of esters is 1. The summed E-state index contributed by atoms with van der Waals surface area (Å²) in [7, 11) is 0. The Morgan fingerprint density at radius 2 is 2.00 bits per heavy atom. The van der Waals surface area contributed by atoms with E-state index in [1.807, 2.05) is 38.1 Å². The van der Waals surface area contributed by atoms with Gasteiger partial charge in [0.2, 0.25) is 0 Å². The number of hydrogen-bond donors (Lipinski definition) is 0. The molecule has 0 radical (unpaired) electrons. The number of aromatic nitrogens is 3. The highest BCUT2D eigenvalue weighted by atomic mass is 79.9. The minimum Gasteiger partial charge on any atom is -0.461 e. The van der Waals surface area contributed by atoms with Crippen LogP contribution in [0.5, 0.6) is 0 Å². The maximum atomic E-state index is 11.9. The molecular formula is C14H16BrN3O2. The molecule has 1 aromatic carbocycles. The Bertz CT molecular complexity index is 605. The van der Waals surface area contributed by atoms with E-state index in [4.69, 9.17) is 4.74 Å². The molecule has 0 unspecified atom stereocenters. The Balaban J connectivity index is 2.49. The first-order valence-corrected chi connectivity index (χ1v) is 7.22. The van der Waals surface area contributed by atoms with E-state index in [9.17, 15) is 4.79 Å². The molecule has 0 atom stereocenters. The predicted octanol–water partition coefficient (Wildman–Crippen LogP) is 3.33. The number of carbonyl (C=O) groups is 1. The molecule has 0 saturated heterocycles. The van der Waals surface area contributed by atoms with Crippen LogP contribution in [0.2, 0.25) is 0 Å². The van der Waals surface area contributed by atoms with E-state index in [1.54, 1.807) is 11.6 Å². The number of benzene rings is 1. The molecule has 0 bridgehead atoms. The van der Waals surface area contributed by atoms with Gasteiger partial charge in [-0.2, -0.15) is 0 Å². The van der Waals surface area contributed by atoms with Gasteiger partial charge in [-0.05, 0) is 37.1 Å². The van der Waals surface area contributed by atoms with Crippen molar-refractivity contribution >= 4 is 21.9 Å². The van der Waals surface area contributed by atoms with Gasteiger partial charge in [-0.15, -0.1) is 5.10 Å². The minimum absolute atomic E-state index is 0.105. The summed E-state index contributed by atoms with van der Waals surface area (Å²) in [4.78, 5) is 11.9. The first-order chi connectivity index (χ1) is 9.54. The molecule has 6 heteroatoms. The predicted molar refractivity (Wildman–Crippen MR) is 79.1 cm³/mol. The summed E-state index contributed by atoms with van der Waals surface area (Å²) in [6.45, 7) is 6.08. The zero-order valence-corrected chi connectivity index (χ0v) is 13.2. The summed E-state index contributed by atoms with van der Waals surface area (Å²) >= 11 is 3.40. The fraction of sp³-hybridized carbons (Fsp3) is 0.357. The van der Waals surface area contributed by atoms with Crippen LogP contribution in [0.3, 0.4) is 0 Å². The maximum Gasteiger partial charge on any atom is 0.360 e. The molecule has 5 nitrogen and oxygen atoms in total. The Labute approximate surface area is 126 Å². The lowest BCUT2D eigenvalue weighted by Gasteiger charge is -2.10. The average molecular weight is 338 g/mol. The van der Waals surface area contributed by atoms with Gasteiger partial charge >= 0.3 is 5.97 Å². The second kappa shape index (κ2) is 6.17. The SMILES string of the molecule is CCOC(=O)c1nnn(-c2ccc(Br)cc2)c1C(C)C.